The van der Waals surface area contributed by atoms with Gasteiger partial charge in [-0.3, -0.25) is 0 Å². The molecule has 3 atom stereocenters. The van der Waals surface area contributed by atoms with Gasteiger partial charge in [-0.25, -0.2) is 17.6 Å². The van der Waals surface area contributed by atoms with Crippen LogP contribution in [-0.4, -0.2) is 17.5 Å². The molecular formula is C70H105Br3F4N4S5. The maximum atomic E-state index is 16.5. The molecule has 0 amide bonds. The van der Waals surface area contributed by atoms with Gasteiger partial charge in [0, 0.05) is 39.2 Å². The van der Waals surface area contributed by atoms with Crippen molar-refractivity contribution in [1.82, 2.24) is 17.5 Å². The van der Waals surface area contributed by atoms with Crippen LogP contribution in [0.4, 0.5) is 17.6 Å². The summed E-state index contributed by atoms with van der Waals surface area (Å²) >= 11 is 18.0. The summed E-state index contributed by atoms with van der Waals surface area (Å²) in [5.74, 6) is 11.8. The SMILES string of the molecule is C#CC#CC#CC(CCCCCC)Cc1ccsc1Br.CCCCCCCCC(CCCCCC)Cc1cc(-c2c(F)c(F)c(-c3cc(CC(CCCCCC)CCCCCCCC)c(Br)s3)c3nsnc23)sc1Br.Fc1cc2nsnc2cc1F.[HH].[HH].[HH].[HH].[HH].[HH].[HH].[HH]. The van der Waals surface area contributed by atoms with Crippen LogP contribution < -0.4 is 0 Å². The molecule has 0 aliphatic rings. The lowest BCUT2D eigenvalue weighted by Crippen LogP contribution is -2.05. The van der Waals surface area contributed by atoms with Crippen molar-refractivity contribution >= 4 is 127 Å². The molecule has 7 aromatic rings. The Morgan fingerprint density at radius 2 is 0.860 bits per heavy atom. The molecule has 0 N–H and O–H groups in total. The Bertz CT molecular complexity index is 3110. The number of unbranched alkanes of at least 4 members (excludes halogenated alkanes) is 19. The smallest absolute Gasteiger partial charge is 0.170 e. The van der Waals surface area contributed by atoms with Crippen LogP contribution in [0.1, 0.15) is 249 Å². The molecule has 16 heteroatoms. The van der Waals surface area contributed by atoms with Gasteiger partial charge < -0.3 is 0 Å². The zero-order valence-electron chi connectivity index (χ0n) is 51.4. The fraction of sp³-hybridized carbons (Fsp3) is 0.571. The molecule has 2 aromatic carbocycles. The van der Waals surface area contributed by atoms with E-state index in [4.69, 9.17) is 6.42 Å². The van der Waals surface area contributed by atoms with E-state index in [1.807, 2.05) is 0 Å². The minimum absolute atomic E-state index is 0. The second-order valence-electron chi connectivity index (χ2n) is 22.8. The molecule has 0 radical (unpaired) electrons. The number of nitrogens with zero attached hydrogens (tertiary/aromatic N) is 4. The molecule has 0 bridgehead atoms. The van der Waals surface area contributed by atoms with Crippen LogP contribution in [0.3, 0.4) is 0 Å². The van der Waals surface area contributed by atoms with E-state index in [-0.39, 0.29) is 22.5 Å². The van der Waals surface area contributed by atoms with Crippen molar-refractivity contribution in [3.8, 4) is 56.9 Å². The number of aromatic nitrogens is 4. The minimum atomic E-state index is -0.884. The molecule has 0 saturated carbocycles. The predicted octanol–water partition coefficient (Wildman–Crippen LogP) is 27.9. The van der Waals surface area contributed by atoms with Crippen molar-refractivity contribution in [3.05, 3.63) is 87.0 Å². The van der Waals surface area contributed by atoms with Crippen LogP contribution in [0.2, 0.25) is 0 Å². The molecule has 5 heterocycles. The maximum absolute atomic E-state index is 16.5. The van der Waals surface area contributed by atoms with Gasteiger partial charge in [0.1, 0.15) is 22.1 Å². The van der Waals surface area contributed by atoms with E-state index in [1.165, 1.54) is 223 Å². The standard InChI is InChI=1S/C46H68Br2F2N2S3.C18H19BrS.C6H2F2N2S.8H2/c1-5-9-13-17-19-23-27-33(25-21-15-11-7-3)29-35-31-37(53-45(35)47)39-41(49)42(50)40(44-43(39)51-55-52-44)38-32-36(46(48)54-38)30-34(26-22-16-12-8-4)28-24-20-18-14-10-6-2;1-3-5-7-9-11-16(12-10-8-6-4-2)15-17-13-14-20-18(17)19;7-3-1-5-6(2-4(3)8)10-11-9-5;;;;;;;;/h31-34H,5-30H2,1-4H3;1,13-14,16H,4,6,8,10,12,15H2,2H3;1-2H;8*1H. The Morgan fingerprint density at radius 3 is 1.27 bits per heavy atom. The molecule has 0 aliphatic heterocycles. The number of hydrogen-bond donors (Lipinski definition) is 0. The van der Waals surface area contributed by atoms with Gasteiger partial charge >= 0.3 is 0 Å². The zero-order chi connectivity index (χ0) is 61.9. The van der Waals surface area contributed by atoms with Gasteiger partial charge in [-0.2, -0.15) is 17.5 Å². The van der Waals surface area contributed by atoms with Crippen molar-refractivity contribution in [1.29, 1.82) is 0 Å². The summed E-state index contributed by atoms with van der Waals surface area (Å²) in [6, 6.07) is 8.43. The molecule has 4 nitrogen and oxygen atoms in total. The number of fused-ring (bicyclic) bond motifs is 2. The first-order chi connectivity index (χ1) is 41.9. The first-order valence-electron chi connectivity index (χ1n) is 31.8. The number of rotatable bonds is 37. The van der Waals surface area contributed by atoms with Gasteiger partial charge in [-0.05, 0) is 149 Å². The Kier molecular flexibility index (Phi) is 36.8. The van der Waals surface area contributed by atoms with Crippen LogP contribution in [0, 0.1) is 77.0 Å². The highest BCUT2D eigenvalue weighted by atomic mass is 79.9. The summed E-state index contributed by atoms with van der Waals surface area (Å²) in [5, 5.41) is 2.11. The topological polar surface area (TPSA) is 51.6 Å². The number of benzene rings is 2. The largest absolute Gasteiger partial charge is 0.204 e. The molecule has 0 spiro atoms. The molecular weight excluding hydrogens is 1370 g/mol. The van der Waals surface area contributed by atoms with Gasteiger partial charge in [0.25, 0.3) is 0 Å². The van der Waals surface area contributed by atoms with Crippen LogP contribution in [-0.2, 0) is 19.3 Å². The van der Waals surface area contributed by atoms with E-state index in [1.54, 1.807) is 11.3 Å². The van der Waals surface area contributed by atoms with Gasteiger partial charge in [-0.15, -0.1) is 40.4 Å². The highest BCUT2D eigenvalue weighted by molar-refractivity contribution is 9.11. The summed E-state index contributed by atoms with van der Waals surface area (Å²) in [4.78, 5) is 1.45. The molecule has 3 unspecified atom stereocenters. The number of halogens is 7. The molecule has 0 aliphatic carbocycles. The summed E-state index contributed by atoms with van der Waals surface area (Å²) in [7, 11) is 0. The monoisotopic (exact) mass is 1470 g/mol. The van der Waals surface area contributed by atoms with Gasteiger partial charge in [-0.1, -0.05) is 220 Å². The van der Waals surface area contributed by atoms with Crippen molar-refractivity contribution < 1.29 is 29.0 Å². The van der Waals surface area contributed by atoms with E-state index in [0.29, 0.717) is 39.8 Å². The molecule has 0 saturated heterocycles. The van der Waals surface area contributed by atoms with Crippen LogP contribution >= 0.6 is 105 Å². The number of thiophene rings is 3. The quantitative estimate of drug-likeness (QED) is 0.0221. The Morgan fingerprint density at radius 1 is 0.465 bits per heavy atom. The third kappa shape index (κ3) is 25.4. The second kappa shape index (κ2) is 42.9. The average Bonchev–Trinajstić information content (AvgIpc) is 1.32. The molecule has 86 heavy (non-hydrogen) atoms. The molecule has 5 aromatic heterocycles. The predicted molar refractivity (Wildman–Crippen MR) is 394 cm³/mol. The first-order valence-corrected chi connectivity index (χ1v) is 38.2. The Hall–Kier alpha value is -2.98. The van der Waals surface area contributed by atoms with Crippen molar-refractivity contribution in [2.45, 2.75) is 240 Å². The molecule has 484 valence electrons. The molecule has 7 rings (SSSR count). The zero-order valence-corrected chi connectivity index (χ0v) is 60.2. The van der Waals surface area contributed by atoms with Crippen LogP contribution in [0.15, 0.2) is 47.1 Å². The van der Waals surface area contributed by atoms with Gasteiger partial charge in [0.05, 0.1) is 45.9 Å². The van der Waals surface area contributed by atoms with Crippen LogP contribution in [0.5, 0.6) is 0 Å². The minimum Gasteiger partial charge on any atom is -0.204 e. The van der Waals surface area contributed by atoms with Gasteiger partial charge in [0.2, 0.25) is 0 Å². The second-order valence-corrected chi connectivity index (χ2v) is 30.8. The summed E-state index contributed by atoms with van der Waals surface area (Å²) < 4.78 is 77.9. The van der Waals surface area contributed by atoms with E-state index < -0.39 is 23.3 Å². The van der Waals surface area contributed by atoms with E-state index in [0.717, 1.165) is 78.6 Å². The third-order valence-corrected chi connectivity index (χ3v) is 22.7. The normalized spacial score (nSPS) is 12.2. The summed E-state index contributed by atoms with van der Waals surface area (Å²) in [6.45, 7) is 11.3. The lowest BCUT2D eigenvalue weighted by Gasteiger charge is -2.17. The highest BCUT2D eigenvalue weighted by Gasteiger charge is 2.29. The summed E-state index contributed by atoms with van der Waals surface area (Å²) in [5.41, 5.74) is 5.96. The van der Waals surface area contributed by atoms with Gasteiger partial charge in [0.15, 0.2) is 23.3 Å². The number of terminal acetylenes is 1. The number of hydrogen-bond acceptors (Lipinski definition) is 9. The Labute approximate surface area is 571 Å². The van der Waals surface area contributed by atoms with E-state index in [2.05, 4.69) is 153 Å². The lowest BCUT2D eigenvalue weighted by molar-refractivity contribution is 0.402. The maximum Gasteiger partial charge on any atom is 0.170 e. The average molecular weight is 1480 g/mol. The lowest BCUT2D eigenvalue weighted by atomic mass is 9.89. The third-order valence-electron chi connectivity index (χ3n) is 15.8. The van der Waals surface area contributed by atoms with Crippen molar-refractivity contribution in [2.75, 3.05) is 0 Å². The fourth-order valence-corrected chi connectivity index (χ4v) is 16.8. The first kappa shape index (κ1) is 73.8. The van der Waals surface area contributed by atoms with Crippen LogP contribution in [0.25, 0.3) is 42.9 Å². The Balaban J connectivity index is -0.000000856. The van der Waals surface area contributed by atoms with E-state index >= 15 is 8.78 Å². The summed E-state index contributed by atoms with van der Waals surface area (Å²) in [6.07, 6.45) is 44.9. The van der Waals surface area contributed by atoms with Crippen molar-refractivity contribution in [3.63, 3.8) is 0 Å². The highest BCUT2D eigenvalue weighted by Crippen LogP contribution is 2.47. The molecule has 0 fully saturated rings. The van der Waals surface area contributed by atoms with E-state index in [9.17, 15) is 8.78 Å². The van der Waals surface area contributed by atoms with Crippen molar-refractivity contribution in [2.24, 2.45) is 17.8 Å². The fourth-order valence-electron chi connectivity index (χ4n) is 11.0.